The third kappa shape index (κ3) is 4.77. The normalized spacial score (nSPS) is 12.3. The standard InChI is InChI=1S/C15H22N2O4S/c1-5-11-16-15(18)12(3)17(22(4,19)20)13-7-9-14(10-8-13)21-6-2/h5,7-10,12H,1,6,11H2,2-4H3,(H,16,18)/t12-/m0/s1. The predicted molar refractivity (Wildman–Crippen MR) is 87.6 cm³/mol. The van der Waals surface area contributed by atoms with E-state index >= 15 is 0 Å². The number of amides is 1. The van der Waals surface area contributed by atoms with Gasteiger partial charge in [-0.05, 0) is 38.1 Å². The molecule has 0 aliphatic heterocycles. The molecule has 1 aromatic rings. The van der Waals surface area contributed by atoms with Crippen molar-refractivity contribution < 1.29 is 17.9 Å². The minimum atomic E-state index is -3.61. The molecule has 7 heteroatoms. The highest BCUT2D eigenvalue weighted by atomic mass is 32.2. The first-order valence-electron chi connectivity index (χ1n) is 6.92. The smallest absolute Gasteiger partial charge is 0.243 e. The van der Waals surface area contributed by atoms with Gasteiger partial charge in [0.2, 0.25) is 15.9 Å². The number of rotatable bonds is 8. The second kappa shape index (κ2) is 7.84. The molecular weight excluding hydrogens is 304 g/mol. The van der Waals surface area contributed by atoms with Crippen LogP contribution in [0, 0.1) is 0 Å². The first-order chi connectivity index (χ1) is 10.3. The highest BCUT2D eigenvalue weighted by molar-refractivity contribution is 7.92. The number of nitrogens with zero attached hydrogens (tertiary/aromatic N) is 1. The van der Waals surface area contributed by atoms with Gasteiger partial charge in [0.05, 0.1) is 18.6 Å². The maximum atomic E-state index is 12.1. The second-order valence-corrected chi connectivity index (χ2v) is 6.55. The summed E-state index contributed by atoms with van der Waals surface area (Å²) >= 11 is 0. The highest BCUT2D eigenvalue weighted by Gasteiger charge is 2.28. The van der Waals surface area contributed by atoms with Crippen LogP contribution in [0.4, 0.5) is 5.69 Å². The lowest BCUT2D eigenvalue weighted by Gasteiger charge is -2.28. The van der Waals surface area contributed by atoms with Crippen LogP contribution >= 0.6 is 0 Å². The summed E-state index contributed by atoms with van der Waals surface area (Å²) < 4.78 is 30.5. The van der Waals surface area contributed by atoms with Gasteiger partial charge in [-0.2, -0.15) is 0 Å². The van der Waals surface area contributed by atoms with Crippen LogP contribution < -0.4 is 14.4 Å². The number of hydrogen-bond donors (Lipinski definition) is 1. The van der Waals surface area contributed by atoms with Crippen molar-refractivity contribution in [2.24, 2.45) is 0 Å². The number of ether oxygens (including phenoxy) is 1. The maximum Gasteiger partial charge on any atom is 0.243 e. The van der Waals surface area contributed by atoms with E-state index in [4.69, 9.17) is 4.74 Å². The van der Waals surface area contributed by atoms with Gasteiger partial charge in [-0.1, -0.05) is 6.08 Å². The number of benzene rings is 1. The number of anilines is 1. The lowest BCUT2D eigenvalue weighted by atomic mass is 10.2. The molecule has 122 valence electrons. The van der Waals surface area contributed by atoms with Crippen molar-refractivity contribution in [3.8, 4) is 5.75 Å². The zero-order valence-corrected chi connectivity index (χ0v) is 13.9. The quantitative estimate of drug-likeness (QED) is 0.735. The van der Waals surface area contributed by atoms with Crippen molar-refractivity contribution in [3.05, 3.63) is 36.9 Å². The summed E-state index contributed by atoms with van der Waals surface area (Å²) in [6.07, 6.45) is 2.60. The Hall–Kier alpha value is -2.02. The van der Waals surface area contributed by atoms with Crippen molar-refractivity contribution in [2.45, 2.75) is 19.9 Å². The highest BCUT2D eigenvalue weighted by Crippen LogP contribution is 2.23. The van der Waals surface area contributed by atoms with E-state index in [0.29, 0.717) is 18.0 Å². The van der Waals surface area contributed by atoms with E-state index in [1.807, 2.05) is 6.92 Å². The van der Waals surface area contributed by atoms with Gasteiger partial charge in [0, 0.05) is 6.54 Å². The Labute approximate surface area is 131 Å². The van der Waals surface area contributed by atoms with E-state index in [2.05, 4.69) is 11.9 Å². The largest absolute Gasteiger partial charge is 0.494 e. The van der Waals surface area contributed by atoms with E-state index < -0.39 is 16.1 Å². The van der Waals surface area contributed by atoms with Crippen molar-refractivity contribution >= 4 is 21.6 Å². The van der Waals surface area contributed by atoms with Gasteiger partial charge in [0.15, 0.2) is 0 Å². The van der Waals surface area contributed by atoms with E-state index in [1.54, 1.807) is 24.3 Å². The predicted octanol–water partition coefficient (Wildman–Crippen LogP) is 1.54. The SMILES string of the molecule is C=CCNC(=O)[C@H](C)N(c1ccc(OCC)cc1)S(C)(=O)=O. The minimum Gasteiger partial charge on any atom is -0.494 e. The number of nitrogens with one attached hydrogen (secondary N) is 1. The van der Waals surface area contributed by atoms with Crippen LogP contribution in [0.1, 0.15) is 13.8 Å². The summed E-state index contributed by atoms with van der Waals surface area (Å²) in [5.74, 6) is 0.252. The molecule has 1 N–H and O–H groups in total. The molecule has 0 spiro atoms. The van der Waals surface area contributed by atoms with Gasteiger partial charge in [-0.15, -0.1) is 6.58 Å². The molecule has 0 fully saturated rings. The molecule has 0 saturated carbocycles. The molecule has 0 saturated heterocycles. The number of carbonyl (C=O) groups is 1. The summed E-state index contributed by atoms with van der Waals surface area (Å²) in [4.78, 5) is 12.0. The Balaban J connectivity index is 3.08. The molecule has 6 nitrogen and oxygen atoms in total. The molecule has 0 heterocycles. The van der Waals surface area contributed by atoms with Crippen LogP contribution in [0.5, 0.6) is 5.75 Å². The van der Waals surface area contributed by atoms with E-state index in [0.717, 1.165) is 10.6 Å². The molecule has 1 atom stereocenters. The Morgan fingerprint density at radius 2 is 2.00 bits per heavy atom. The fraction of sp³-hybridized carbons (Fsp3) is 0.400. The van der Waals surface area contributed by atoms with Crippen molar-refractivity contribution in [1.29, 1.82) is 0 Å². The molecular formula is C15H22N2O4S. The van der Waals surface area contributed by atoms with Gasteiger partial charge in [-0.25, -0.2) is 8.42 Å². The Morgan fingerprint density at radius 1 is 1.41 bits per heavy atom. The van der Waals surface area contributed by atoms with Crippen LogP contribution in [0.15, 0.2) is 36.9 Å². The molecule has 0 aliphatic carbocycles. The lowest BCUT2D eigenvalue weighted by molar-refractivity contribution is -0.121. The molecule has 0 unspecified atom stereocenters. The Morgan fingerprint density at radius 3 is 2.45 bits per heavy atom. The number of hydrogen-bond acceptors (Lipinski definition) is 4. The summed E-state index contributed by atoms with van der Waals surface area (Å²) in [5, 5.41) is 2.60. The Kier molecular flexibility index (Phi) is 6.42. The van der Waals surface area contributed by atoms with Gasteiger partial charge in [0.25, 0.3) is 0 Å². The molecule has 0 aromatic heterocycles. The van der Waals surface area contributed by atoms with Gasteiger partial charge >= 0.3 is 0 Å². The fourth-order valence-electron chi connectivity index (χ4n) is 1.99. The zero-order valence-electron chi connectivity index (χ0n) is 13.1. The van der Waals surface area contributed by atoms with Crippen LogP contribution in [0.3, 0.4) is 0 Å². The third-order valence-corrected chi connectivity index (χ3v) is 4.15. The summed E-state index contributed by atoms with van der Waals surface area (Å²) in [5.41, 5.74) is 0.409. The van der Waals surface area contributed by atoms with Crippen LogP contribution in [0.25, 0.3) is 0 Å². The molecule has 0 radical (unpaired) electrons. The van der Waals surface area contributed by atoms with E-state index in [1.165, 1.54) is 13.0 Å². The summed E-state index contributed by atoms with van der Waals surface area (Å²) in [6.45, 7) is 7.72. The average molecular weight is 326 g/mol. The minimum absolute atomic E-state index is 0.282. The fourth-order valence-corrected chi connectivity index (χ4v) is 3.16. The molecule has 1 rings (SSSR count). The number of sulfonamides is 1. The van der Waals surface area contributed by atoms with Crippen LogP contribution in [-0.2, 0) is 14.8 Å². The molecule has 1 amide bonds. The van der Waals surface area contributed by atoms with Gasteiger partial charge in [-0.3, -0.25) is 9.10 Å². The second-order valence-electron chi connectivity index (χ2n) is 4.70. The van der Waals surface area contributed by atoms with Gasteiger partial charge in [0.1, 0.15) is 11.8 Å². The average Bonchev–Trinajstić information content (AvgIpc) is 2.45. The van der Waals surface area contributed by atoms with Crippen molar-refractivity contribution in [1.82, 2.24) is 5.32 Å². The van der Waals surface area contributed by atoms with Crippen molar-refractivity contribution in [2.75, 3.05) is 23.7 Å². The molecule has 0 bridgehead atoms. The van der Waals surface area contributed by atoms with E-state index in [9.17, 15) is 13.2 Å². The third-order valence-electron chi connectivity index (χ3n) is 2.91. The summed E-state index contributed by atoms with van der Waals surface area (Å²) in [6, 6.07) is 5.71. The first kappa shape index (κ1) is 18.0. The van der Waals surface area contributed by atoms with Crippen molar-refractivity contribution in [3.63, 3.8) is 0 Å². The van der Waals surface area contributed by atoms with Gasteiger partial charge < -0.3 is 10.1 Å². The Bertz CT molecular complexity index is 611. The van der Waals surface area contributed by atoms with Crippen LogP contribution in [-0.4, -0.2) is 39.8 Å². The monoisotopic (exact) mass is 326 g/mol. The zero-order chi connectivity index (χ0) is 16.8. The first-order valence-corrected chi connectivity index (χ1v) is 8.77. The molecule has 1 aromatic carbocycles. The summed E-state index contributed by atoms with van der Waals surface area (Å²) in [7, 11) is -3.61. The topological polar surface area (TPSA) is 75.7 Å². The van der Waals surface area contributed by atoms with Crippen LogP contribution in [0.2, 0.25) is 0 Å². The number of carbonyl (C=O) groups excluding carboxylic acids is 1. The maximum absolute atomic E-state index is 12.1. The molecule has 0 aliphatic rings. The van der Waals surface area contributed by atoms with E-state index in [-0.39, 0.29) is 12.5 Å². The lowest BCUT2D eigenvalue weighted by Crippen LogP contribution is -2.47. The molecule has 22 heavy (non-hydrogen) atoms.